The van der Waals surface area contributed by atoms with Gasteiger partial charge in [-0.15, -0.1) is 0 Å². The van der Waals surface area contributed by atoms with Gasteiger partial charge in [0, 0.05) is 30.3 Å². The predicted molar refractivity (Wildman–Crippen MR) is 314 cm³/mol. The van der Waals surface area contributed by atoms with E-state index in [1.165, 1.54) is 11.7 Å². The molecule has 18 heteroatoms. The van der Waals surface area contributed by atoms with Gasteiger partial charge in [-0.3, -0.25) is 23.7 Å². The second-order valence-corrected chi connectivity index (χ2v) is 24.8. The number of hydrogen-bond acceptors (Lipinski definition) is 12. The molecule has 5 N–H and O–H groups in total. The molecule has 1 aliphatic rings. The number of carbonyl (C=O) groups is 7. The Labute approximate surface area is 482 Å². The van der Waals surface area contributed by atoms with E-state index in [4.69, 9.17) is 23.7 Å². The van der Waals surface area contributed by atoms with Crippen LogP contribution in [0.2, 0.25) is 0 Å². The number of fused-ring (bicyclic) bond motifs is 4. The molecule has 82 heavy (non-hydrogen) atoms. The van der Waals surface area contributed by atoms with Crippen molar-refractivity contribution in [2.45, 2.75) is 169 Å². The van der Waals surface area contributed by atoms with Crippen molar-refractivity contribution in [2.75, 3.05) is 20.3 Å². The highest BCUT2D eigenvalue weighted by Gasteiger charge is 2.36. The molecule has 1 aliphatic carbocycles. The maximum Gasteiger partial charge on any atom is 0.419 e. The molecule has 5 aromatic rings. The van der Waals surface area contributed by atoms with E-state index in [1.807, 2.05) is 97.0 Å². The lowest BCUT2D eigenvalue weighted by Crippen LogP contribution is -2.60. The van der Waals surface area contributed by atoms with Crippen LogP contribution < -0.4 is 31.3 Å². The summed E-state index contributed by atoms with van der Waals surface area (Å²) in [7, 11) is 1.24. The molecule has 5 amide bonds. The van der Waals surface area contributed by atoms with Crippen LogP contribution in [0, 0.1) is 11.8 Å². The molecule has 6 rings (SSSR count). The molecule has 0 bridgehead atoms. The van der Waals surface area contributed by atoms with E-state index in [0.29, 0.717) is 27.8 Å². The number of nitrogens with zero attached hydrogens (tertiary/aromatic N) is 1. The molecular formula is C64H84N6O12. The van der Waals surface area contributed by atoms with Gasteiger partial charge in [-0.25, -0.2) is 14.4 Å². The van der Waals surface area contributed by atoms with Crippen LogP contribution in [0.4, 0.5) is 9.59 Å². The van der Waals surface area contributed by atoms with E-state index in [2.05, 4.69) is 26.6 Å². The van der Waals surface area contributed by atoms with Crippen LogP contribution in [0.15, 0.2) is 103 Å². The topological polar surface area (TPSA) is 231 Å². The van der Waals surface area contributed by atoms with E-state index in [1.54, 1.807) is 96.3 Å². The number of nitrogens with one attached hydrogen (secondary N) is 5. The van der Waals surface area contributed by atoms with Crippen LogP contribution in [0.3, 0.4) is 0 Å². The molecule has 442 valence electrons. The number of benzene rings is 4. The first kappa shape index (κ1) is 63.5. The standard InChI is InChI=1S/C64H84N6O12/c1-38(2)31-49(55(71)67-52(32-39(3)4)59(75)78-14)65-56(72)50(33-40-27-29-42(30-28-40)81-63(8,9)10)66-58(74)53(37-80-62(5,6)7)68-57(73)51(34-41-35-70(61(77)82-64(11,12)13)54-26-20-19-21-43(41)54)69-60(76)79-36-48-46-24-17-15-22-44(46)45-23-16-18-25-47(45)48/h15-30,35,38-39,48-53H,31-34,36-37H2,1-14H3,(H,65,72)(H,66,74)(H,67,71)(H,68,73)(H,69,76)/t49-,50+,51+,52+,53+/m1/s1. The number of aromatic nitrogens is 1. The number of rotatable bonds is 23. The monoisotopic (exact) mass is 1130 g/mol. The normalized spacial score (nSPS) is 14.3. The lowest BCUT2D eigenvalue weighted by molar-refractivity contribution is -0.146. The third-order valence-electron chi connectivity index (χ3n) is 13.3. The number of para-hydroxylation sites is 1. The van der Waals surface area contributed by atoms with E-state index in [0.717, 1.165) is 22.3 Å². The average Bonchev–Trinajstić information content (AvgIpc) is 2.89. The highest BCUT2D eigenvalue weighted by molar-refractivity contribution is 5.97. The van der Waals surface area contributed by atoms with Gasteiger partial charge in [0.25, 0.3) is 0 Å². The van der Waals surface area contributed by atoms with E-state index < -0.39 is 88.8 Å². The summed E-state index contributed by atoms with van der Waals surface area (Å²) in [4.78, 5) is 99.6. The summed E-state index contributed by atoms with van der Waals surface area (Å²) in [6, 6.07) is 23.5. The summed E-state index contributed by atoms with van der Waals surface area (Å²) >= 11 is 0. The fraction of sp³-hybridized carbons (Fsp3) is 0.484. The van der Waals surface area contributed by atoms with Crippen molar-refractivity contribution in [3.05, 3.63) is 126 Å². The molecular weight excluding hydrogens is 1040 g/mol. The number of methoxy groups -OCH3 is 1. The lowest BCUT2D eigenvalue weighted by atomic mass is 9.98. The Bertz CT molecular complexity index is 3010. The number of ether oxygens (including phenoxy) is 5. The van der Waals surface area contributed by atoms with Crippen molar-refractivity contribution in [2.24, 2.45) is 11.8 Å². The minimum atomic E-state index is -1.48. The molecule has 0 radical (unpaired) electrons. The number of carbonyl (C=O) groups excluding carboxylic acids is 7. The smallest absolute Gasteiger partial charge is 0.419 e. The highest BCUT2D eigenvalue weighted by atomic mass is 16.6. The third-order valence-corrected chi connectivity index (χ3v) is 13.3. The Balaban J connectivity index is 1.34. The first-order valence-electron chi connectivity index (χ1n) is 28.1. The summed E-state index contributed by atoms with van der Waals surface area (Å²) in [5, 5.41) is 14.7. The van der Waals surface area contributed by atoms with Gasteiger partial charge in [-0.2, -0.15) is 0 Å². The Hall–Kier alpha value is -7.73. The molecule has 0 saturated heterocycles. The van der Waals surface area contributed by atoms with Gasteiger partial charge in [0.15, 0.2) is 0 Å². The third kappa shape index (κ3) is 18.1. The number of esters is 1. The molecule has 1 heterocycles. The van der Waals surface area contributed by atoms with Gasteiger partial charge in [0.05, 0.1) is 24.8 Å². The number of alkyl carbamates (subject to hydrolysis) is 1. The Kier molecular flexibility index (Phi) is 21.2. The van der Waals surface area contributed by atoms with Crippen molar-refractivity contribution < 1.29 is 57.2 Å². The van der Waals surface area contributed by atoms with Gasteiger partial charge in [-0.1, -0.05) is 107 Å². The second-order valence-electron chi connectivity index (χ2n) is 24.8. The maximum atomic E-state index is 15.1. The molecule has 0 saturated carbocycles. The molecule has 18 nitrogen and oxygen atoms in total. The van der Waals surface area contributed by atoms with Crippen LogP contribution >= 0.6 is 0 Å². The van der Waals surface area contributed by atoms with E-state index in [-0.39, 0.29) is 56.7 Å². The first-order valence-corrected chi connectivity index (χ1v) is 28.1. The second kappa shape index (κ2) is 27.4. The Morgan fingerprint density at radius 2 is 1.05 bits per heavy atom. The molecule has 4 aromatic carbocycles. The summed E-state index contributed by atoms with van der Waals surface area (Å²) < 4.78 is 30.3. The zero-order chi connectivity index (χ0) is 60.3. The first-order chi connectivity index (χ1) is 38.5. The summed E-state index contributed by atoms with van der Waals surface area (Å²) in [6.07, 6.45) is 0.196. The largest absolute Gasteiger partial charge is 0.488 e. The summed E-state index contributed by atoms with van der Waals surface area (Å²) in [6.45, 7) is 23.5. The van der Waals surface area contributed by atoms with Crippen molar-refractivity contribution in [3.8, 4) is 16.9 Å². The highest BCUT2D eigenvalue weighted by Crippen LogP contribution is 2.44. The van der Waals surface area contributed by atoms with Gasteiger partial charge >= 0.3 is 18.2 Å². The lowest BCUT2D eigenvalue weighted by Gasteiger charge is -2.29. The maximum absolute atomic E-state index is 15.1. The van der Waals surface area contributed by atoms with E-state index in [9.17, 15) is 28.8 Å². The predicted octanol–water partition coefficient (Wildman–Crippen LogP) is 9.31. The molecule has 0 unspecified atom stereocenters. The molecule has 5 atom stereocenters. The fourth-order valence-electron chi connectivity index (χ4n) is 9.71. The molecule has 0 aliphatic heterocycles. The van der Waals surface area contributed by atoms with Gasteiger partial charge in [0.2, 0.25) is 23.6 Å². The van der Waals surface area contributed by atoms with Crippen molar-refractivity contribution >= 4 is 52.7 Å². The molecule has 1 aromatic heterocycles. The minimum Gasteiger partial charge on any atom is -0.488 e. The average molecular weight is 1130 g/mol. The summed E-state index contributed by atoms with van der Waals surface area (Å²) in [5.41, 5.74) is 3.49. The van der Waals surface area contributed by atoms with Crippen LogP contribution in [-0.2, 0) is 55.8 Å². The van der Waals surface area contributed by atoms with Crippen LogP contribution in [-0.4, -0.2) is 114 Å². The van der Waals surface area contributed by atoms with Crippen LogP contribution in [0.5, 0.6) is 5.75 Å². The Morgan fingerprint density at radius 3 is 1.61 bits per heavy atom. The molecule has 0 spiro atoms. The summed E-state index contributed by atoms with van der Waals surface area (Å²) in [5.74, 6) is -3.40. The SMILES string of the molecule is COC(=O)[C@H](CC(C)C)NC(=O)[C@@H](CC(C)C)NC(=O)[C@H](Cc1ccc(OC(C)(C)C)cc1)NC(=O)[C@H](COC(C)(C)C)NC(=O)[C@H](Cc1cn(C(=O)OC(C)(C)C)c2ccccc12)NC(=O)OCC1c2ccccc2-c2ccccc21. The van der Waals surface area contributed by atoms with Gasteiger partial charge < -0.3 is 50.3 Å². The zero-order valence-corrected chi connectivity index (χ0v) is 50.0. The van der Waals surface area contributed by atoms with Gasteiger partial charge in [-0.05, 0) is 139 Å². The van der Waals surface area contributed by atoms with Crippen LogP contribution in [0.1, 0.15) is 131 Å². The Morgan fingerprint density at radius 1 is 0.549 bits per heavy atom. The molecule has 0 fully saturated rings. The zero-order valence-electron chi connectivity index (χ0n) is 50.0. The quantitative estimate of drug-likeness (QED) is 0.0304. The number of hydrogen-bond donors (Lipinski definition) is 5. The number of amides is 5. The van der Waals surface area contributed by atoms with E-state index >= 15 is 4.79 Å². The van der Waals surface area contributed by atoms with Gasteiger partial charge in [0.1, 0.15) is 53.8 Å². The fourth-order valence-corrected chi connectivity index (χ4v) is 9.71. The van der Waals surface area contributed by atoms with Crippen LogP contribution in [0.25, 0.3) is 22.0 Å². The van der Waals surface area contributed by atoms with Crippen molar-refractivity contribution in [1.29, 1.82) is 0 Å². The van der Waals surface area contributed by atoms with Crippen molar-refractivity contribution in [1.82, 2.24) is 31.2 Å². The minimum absolute atomic E-state index is 0.0167. The van der Waals surface area contributed by atoms with Crippen molar-refractivity contribution in [3.63, 3.8) is 0 Å².